The molecule has 3 aromatic rings. The number of pyridine rings is 1. The average molecular weight is 545 g/mol. The van der Waals surface area contributed by atoms with Gasteiger partial charge in [0.2, 0.25) is 5.88 Å². The summed E-state index contributed by atoms with van der Waals surface area (Å²) in [5.74, 6) is 0.185. The number of carbonyl (C=O) groups excluding carboxylic acids is 1. The quantitative estimate of drug-likeness (QED) is 0.349. The van der Waals surface area contributed by atoms with E-state index in [1.807, 2.05) is 0 Å². The van der Waals surface area contributed by atoms with Crippen molar-refractivity contribution < 1.29 is 31.1 Å². The second kappa shape index (κ2) is 10.3. The average Bonchev–Trinajstić information content (AvgIpc) is 3.48. The number of ether oxygens (including phenoxy) is 1. The van der Waals surface area contributed by atoms with Gasteiger partial charge in [-0.2, -0.15) is 17.5 Å². The normalized spacial score (nSPS) is 17.0. The smallest absolute Gasteiger partial charge is 0.416 e. The second-order valence-electron chi connectivity index (χ2n) is 7.93. The van der Waals surface area contributed by atoms with Gasteiger partial charge in [-0.05, 0) is 67.3 Å². The van der Waals surface area contributed by atoms with Crippen molar-refractivity contribution >= 4 is 38.7 Å². The molecule has 1 aliphatic rings. The Labute approximate surface area is 209 Å². The molecular formula is C23H20ClF3N2O4S2. The number of halogens is 4. The number of Topliss-reactive ketones (excluding diaryl/α,β-unsaturated/α-hetero) is 1. The van der Waals surface area contributed by atoms with Crippen molar-refractivity contribution in [3.8, 4) is 11.6 Å². The summed E-state index contributed by atoms with van der Waals surface area (Å²) in [5, 5.41) is 0. The van der Waals surface area contributed by atoms with E-state index in [9.17, 15) is 26.4 Å². The molecule has 1 fully saturated rings. The van der Waals surface area contributed by atoms with Crippen molar-refractivity contribution in [2.75, 3.05) is 6.54 Å². The first-order chi connectivity index (χ1) is 16.5. The molecule has 1 saturated heterocycles. The van der Waals surface area contributed by atoms with E-state index in [4.69, 9.17) is 16.3 Å². The molecule has 0 spiro atoms. The molecule has 0 unspecified atom stereocenters. The predicted molar refractivity (Wildman–Crippen MR) is 125 cm³/mol. The molecule has 0 N–H and O–H groups in total. The van der Waals surface area contributed by atoms with Gasteiger partial charge in [-0.1, -0.05) is 11.6 Å². The third-order valence-electron chi connectivity index (χ3n) is 5.55. The Hall–Kier alpha value is -2.47. The van der Waals surface area contributed by atoms with Gasteiger partial charge in [-0.3, -0.25) is 4.79 Å². The van der Waals surface area contributed by atoms with Crippen LogP contribution in [0.25, 0.3) is 0 Å². The molecule has 3 heterocycles. The number of alkyl halides is 3. The standard InChI is InChI=1S/C23H20ClF3N2O4S2/c24-20-9-10-22(34-20)35(31,32)29-13-1-2-18(29)19(30)8-3-15-11-12-28-21(14-15)33-17-6-4-16(5-7-17)23(25,26)27/h4-7,9-12,14,18H,1-3,8,13H2/t18-/m0/s1. The summed E-state index contributed by atoms with van der Waals surface area (Å²) in [7, 11) is -3.80. The van der Waals surface area contributed by atoms with Crippen molar-refractivity contribution in [3.05, 3.63) is 70.2 Å². The molecule has 1 aliphatic heterocycles. The summed E-state index contributed by atoms with van der Waals surface area (Å²) in [5.41, 5.74) is -0.0528. The highest BCUT2D eigenvalue weighted by molar-refractivity contribution is 7.91. The van der Waals surface area contributed by atoms with Crippen molar-refractivity contribution in [1.82, 2.24) is 9.29 Å². The van der Waals surface area contributed by atoms with Crippen LogP contribution in [0, 0.1) is 0 Å². The lowest BCUT2D eigenvalue weighted by Gasteiger charge is -2.22. The number of thiophene rings is 1. The zero-order valence-electron chi connectivity index (χ0n) is 18.2. The Kier molecular flexibility index (Phi) is 7.51. The van der Waals surface area contributed by atoms with E-state index < -0.39 is 27.8 Å². The lowest BCUT2D eigenvalue weighted by atomic mass is 10.0. The van der Waals surface area contributed by atoms with E-state index in [0.29, 0.717) is 23.6 Å². The minimum atomic E-state index is -4.44. The Morgan fingerprint density at radius 1 is 1.17 bits per heavy atom. The lowest BCUT2D eigenvalue weighted by molar-refractivity contribution is -0.137. The summed E-state index contributed by atoms with van der Waals surface area (Å²) in [6, 6.07) is 9.77. The maximum atomic E-state index is 13.0. The van der Waals surface area contributed by atoms with Crippen LogP contribution in [0.3, 0.4) is 0 Å². The van der Waals surface area contributed by atoms with E-state index in [1.165, 1.54) is 34.8 Å². The SMILES string of the molecule is O=C(CCc1ccnc(Oc2ccc(C(F)(F)F)cc2)c1)[C@@H]1CCCN1S(=O)(=O)c1ccc(Cl)s1. The van der Waals surface area contributed by atoms with E-state index >= 15 is 0 Å². The predicted octanol–water partition coefficient (Wildman–Crippen LogP) is 5.96. The number of carbonyl (C=O) groups is 1. The molecule has 12 heteroatoms. The van der Waals surface area contributed by atoms with Crippen LogP contribution in [0.15, 0.2) is 58.9 Å². The number of nitrogens with zero attached hydrogens (tertiary/aromatic N) is 2. The van der Waals surface area contributed by atoms with Crippen LogP contribution >= 0.6 is 22.9 Å². The fourth-order valence-electron chi connectivity index (χ4n) is 3.83. The number of aryl methyl sites for hydroxylation is 1. The van der Waals surface area contributed by atoms with Gasteiger partial charge in [0.05, 0.1) is 15.9 Å². The number of rotatable bonds is 8. The van der Waals surface area contributed by atoms with Crippen LogP contribution in [0.5, 0.6) is 11.6 Å². The fraction of sp³-hybridized carbons (Fsp3) is 0.304. The zero-order chi connectivity index (χ0) is 25.2. The van der Waals surface area contributed by atoms with Crippen molar-refractivity contribution in [1.29, 1.82) is 0 Å². The van der Waals surface area contributed by atoms with Gasteiger partial charge in [-0.15, -0.1) is 11.3 Å². The van der Waals surface area contributed by atoms with Crippen LogP contribution in [-0.4, -0.2) is 36.1 Å². The van der Waals surface area contributed by atoms with Crippen LogP contribution in [-0.2, 0) is 27.4 Å². The highest BCUT2D eigenvalue weighted by atomic mass is 35.5. The highest BCUT2D eigenvalue weighted by Gasteiger charge is 2.39. The Morgan fingerprint density at radius 2 is 1.91 bits per heavy atom. The molecule has 0 saturated carbocycles. The van der Waals surface area contributed by atoms with E-state index in [1.54, 1.807) is 12.1 Å². The van der Waals surface area contributed by atoms with Gasteiger partial charge < -0.3 is 4.74 Å². The van der Waals surface area contributed by atoms with E-state index in [2.05, 4.69) is 4.98 Å². The maximum absolute atomic E-state index is 13.0. The molecule has 0 amide bonds. The molecule has 4 rings (SSSR count). The van der Waals surface area contributed by atoms with Crippen molar-refractivity contribution in [2.24, 2.45) is 0 Å². The van der Waals surface area contributed by atoms with Crippen molar-refractivity contribution in [3.63, 3.8) is 0 Å². The third kappa shape index (κ3) is 6.03. The Bertz CT molecular complexity index is 1310. The highest BCUT2D eigenvalue weighted by Crippen LogP contribution is 2.33. The molecule has 2 aromatic heterocycles. The van der Waals surface area contributed by atoms with Gasteiger partial charge in [0.15, 0.2) is 5.78 Å². The first kappa shape index (κ1) is 25.6. The number of benzene rings is 1. The zero-order valence-corrected chi connectivity index (χ0v) is 20.6. The number of ketones is 1. The van der Waals surface area contributed by atoms with Gasteiger partial charge in [0.25, 0.3) is 10.0 Å². The minimum Gasteiger partial charge on any atom is -0.439 e. The van der Waals surface area contributed by atoms with Crippen LogP contribution in [0.4, 0.5) is 13.2 Å². The monoisotopic (exact) mass is 544 g/mol. The molecule has 1 atom stereocenters. The van der Waals surface area contributed by atoms with E-state index in [-0.39, 0.29) is 34.6 Å². The molecule has 0 bridgehead atoms. The van der Waals surface area contributed by atoms with Gasteiger partial charge >= 0.3 is 6.18 Å². The molecule has 0 radical (unpaired) electrons. The summed E-state index contributed by atoms with van der Waals surface area (Å²) in [6.07, 6.45) is -1.46. The van der Waals surface area contributed by atoms with Crippen LogP contribution in [0.1, 0.15) is 30.4 Å². The molecule has 186 valence electrons. The Balaban J connectivity index is 1.39. The summed E-state index contributed by atoms with van der Waals surface area (Å²) < 4.78 is 71.4. The van der Waals surface area contributed by atoms with Gasteiger partial charge in [0.1, 0.15) is 9.96 Å². The van der Waals surface area contributed by atoms with Gasteiger partial charge in [0, 0.05) is 25.2 Å². The van der Waals surface area contributed by atoms with Gasteiger partial charge in [-0.25, -0.2) is 13.4 Å². The molecule has 0 aliphatic carbocycles. The first-order valence-corrected chi connectivity index (χ1v) is 13.3. The first-order valence-electron chi connectivity index (χ1n) is 10.6. The fourth-order valence-corrected chi connectivity index (χ4v) is 7.12. The third-order valence-corrected chi connectivity index (χ3v) is 9.16. The topological polar surface area (TPSA) is 76.6 Å². The second-order valence-corrected chi connectivity index (χ2v) is 11.8. The summed E-state index contributed by atoms with van der Waals surface area (Å²) >= 11 is 6.84. The van der Waals surface area contributed by atoms with Crippen LogP contribution in [0.2, 0.25) is 4.34 Å². The number of hydrogen-bond acceptors (Lipinski definition) is 6. The lowest BCUT2D eigenvalue weighted by Crippen LogP contribution is -2.40. The minimum absolute atomic E-state index is 0.112. The number of aromatic nitrogens is 1. The molecule has 1 aromatic carbocycles. The van der Waals surface area contributed by atoms with E-state index in [0.717, 1.165) is 29.0 Å². The number of hydrogen-bond donors (Lipinski definition) is 0. The largest absolute Gasteiger partial charge is 0.439 e. The molecule has 35 heavy (non-hydrogen) atoms. The molecular weight excluding hydrogens is 525 g/mol. The number of sulfonamides is 1. The van der Waals surface area contributed by atoms with Crippen molar-refractivity contribution in [2.45, 2.75) is 42.1 Å². The maximum Gasteiger partial charge on any atom is 0.416 e. The summed E-state index contributed by atoms with van der Waals surface area (Å²) in [4.78, 5) is 17.0. The Morgan fingerprint density at radius 3 is 2.57 bits per heavy atom. The summed E-state index contributed by atoms with van der Waals surface area (Å²) in [6.45, 7) is 0.272. The van der Waals surface area contributed by atoms with Crippen LogP contribution < -0.4 is 4.74 Å². The molecule has 6 nitrogen and oxygen atoms in total.